The Morgan fingerprint density at radius 3 is 2.78 bits per heavy atom. The Labute approximate surface area is 56.2 Å². The lowest BCUT2D eigenvalue weighted by Gasteiger charge is -2.05. The van der Waals surface area contributed by atoms with Crippen molar-refractivity contribution in [2.24, 2.45) is 0 Å². The van der Waals surface area contributed by atoms with Crippen LogP contribution in [0.4, 0.5) is 0 Å². The van der Waals surface area contributed by atoms with Crippen LogP contribution in [0.5, 0.6) is 0 Å². The maximum absolute atomic E-state index is 9.83. The summed E-state index contributed by atoms with van der Waals surface area (Å²) in [6, 6.07) is 0. The largest absolute Gasteiger partial charge is 0.382 e. The van der Waals surface area contributed by atoms with E-state index in [0.29, 0.717) is 12.5 Å². The lowest BCUT2D eigenvalue weighted by Crippen LogP contribution is -2.03. The number of ether oxygens (including phenoxy) is 1. The van der Waals surface area contributed by atoms with E-state index in [1.807, 2.05) is 6.92 Å². The second-order valence-electron chi connectivity index (χ2n) is 2.14. The maximum Gasteiger partial charge on any atom is 0.119 e. The van der Waals surface area contributed by atoms with Crippen molar-refractivity contribution in [1.29, 1.82) is 0 Å². The summed E-state index contributed by atoms with van der Waals surface area (Å²) in [6.07, 6.45) is 3.83. The highest BCUT2D eigenvalue weighted by molar-refractivity contribution is 5.48. The molecule has 2 heteroatoms. The summed E-state index contributed by atoms with van der Waals surface area (Å²) in [6.45, 7) is 2.00. The van der Waals surface area contributed by atoms with Gasteiger partial charge in [0.2, 0.25) is 0 Å². The first-order chi connectivity index (χ1) is 4.31. The molecule has 1 atom stereocenters. The monoisotopic (exact) mass is 130 g/mol. The summed E-state index contributed by atoms with van der Waals surface area (Å²) in [5.74, 6) is 0. The van der Waals surface area contributed by atoms with Gasteiger partial charge in [0.15, 0.2) is 0 Å². The smallest absolute Gasteiger partial charge is 0.119 e. The highest BCUT2D eigenvalue weighted by Gasteiger charge is 1.96. The van der Waals surface area contributed by atoms with Crippen molar-refractivity contribution in [1.82, 2.24) is 0 Å². The third kappa shape index (κ3) is 5.50. The van der Waals surface area contributed by atoms with E-state index >= 15 is 0 Å². The van der Waals surface area contributed by atoms with E-state index in [2.05, 4.69) is 0 Å². The standard InChI is InChI=1S/C7H14O2/c1-7(9-2)5-3-4-6-8/h6-7H,3-5H2,1-2H3. The van der Waals surface area contributed by atoms with Gasteiger partial charge >= 0.3 is 0 Å². The molecule has 0 saturated heterocycles. The van der Waals surface area contributed by atoms with Gasteiger partial charge in [-0.05, 0) is 19.8 Å². The molecule has 9 heavy (non-hydrogen) atoms. The summed E-state index contributed by atoms with van der Waals surface area (Å²) in [7, 11) is 1.69. The van der Waals surface area contributed by atoms with Gasteiger partial charge < -0.3 is 9.53 Å². The molecule has 0 aromatic heterocycles. The third-order valence-electron chi connectivity index (χ3n) is 1.33. The van der Waals surface area contributed by atoms with Crippen LogP contribution in [0.3, 0.4) is 0 Å². The molecular weight excluding hydrogens is 116 g/mol. The van der Waals surface area contributed by atoms with Crippen LogP contribution in [-0.2, 0) is 9.53 Å². The van der Waals surface area contributed by atoms with Crippen LogP contribution < -0.4 is 0 Å². The first kappa shape index (κ1) is 8.63. The lowest BCUT2D eigenvalue weighted by atomic mass is 10.2. The fourth-order valence-corrected chi connectivity index (χ4v) is 0.606. The predicted molar refractivity (Wildman–Crippen MR) is 36.4 cm³/mol. The Morgan fingerprint density at radius 1 is 1.67 bits per heavy atom. The second-order valence-corrected chi connectivity index (χ2v) is 2.14. The lowest BCUT2D eigenvalue weighted by molar-refractivity contribution is -0.108. The molecule has 0 bridgehead atoms. The van der Waals surface area contributed by atoms with Crippen molar-refractivity contribution >= 4 is 6.29 Å². The van der Waals surface area contributed by atoms with Gasteiger partial charge in [-0.2, -0.15) is 0 Å². The van der Waals surface area contributed by atoms with Gasteiger partial charge in [-0.15, -0.1) is 0 Å². The Morgan fingerprint density at radius 2 is 2.33 bits per heavy atom. The molecule has 0 aliphatic rings. The molecule has 0 heterocycles. The number of rotatable bonds is 5. The number of carbonyl (C=O) groups is 1. The van der Waals surface area contributed by atoms with Gasteiger partial charge in [0.05, 0.1) is 6.10 Å². The molecule has 0 saturated carbocycles. The fourth-order valence-electron chi connectivity index (χ4n) is 0.606. The van der Waals surface area contributed by atoms with Crippen LogP contribution in [0.25, 0.3) is 0 Å². The van der Waals surface area contributed by atoms with E-state index in [1.54, 1.807) is 7.11 Å². The molecule has 1 unspecified atom stereocenters. The molecule has 0 fully saturated rings. The van der Waals surface area contributed by atoms with Gasteiger partial charge in [0.25, 0.3) is 0 Å². The quantitative estimate of drug-likeness (QED) is 0.415. The van der Waals surface area contributed by atoms with E-state index in [0.717, 1.165) is 19.1 Å². The first-order valence-corrected chi connectivity index (χ1v) is 3.27. The zero-order chi connectivity index (χ0) is 7.11. The van der Waals surface area contributed by atoms with Crippen LogP contribution >= 0.6 is 0 Å². The van der Waals surface area contributed by atoms with Gasteiger partial charge in [-0.3, -0.25) is 0 Å². The Bertz CT molecular complexity index is 71.3. The van der Waals surface area contributed by atoms with E-state index in [-0.39, 0.29) is 0 Å². The topological polar surface area (TPSA) is 26.3 Å². The highest BCUT2D eigenvalue weighted by atomic mass is 16.5. The number of hydrogen-bond donors (Lipinski definition) is 0. The molecule has 0 amide bonds. The van der Waals surface area contributed by atoms with Crippen LogP contribution in [0.1, 0.15) is 26.2 Å². The van der Waals surface area contributed by atoms with E-state index in [4.69, 9.17) is 4.74 Å². The van der Waals surface area contributed by atoms with Gasteiger partial charge in [-0.25, -0.2) is 0 Å². The average Bonchev–Trinajstić information content (AvgIpc) is 1.89. The molecule has 0 aliphatic heterocycles. The SMILES string of the molecule is COC(C)CCCC=O. The molecule has 0 radical (unpaired) electrons. The summed E-state index contributed by atoms with van der Waals surface area (Å²) < 4.78 is 4.98. The van der Waals surface area contributed by atoms with Crippen molar-refractivity contribution in [2.45, 2.75) is 32.3 Å². The Kier molecular flexibility index (Phi) is 5.52. The Balaban J connectivity index is 2.96. The fraction of sp³-hybridized carbons (Fsp3) is 0.857. The van der Waals surface area contributed by atoms with Crippen LogP contribution in [0.15, 0.2) is 0 Å². The van der Waals surface area contributed by atoms with E-state index < -0.39 is 0 Å². The molecule has 0 aliphatic carbocycles. The zero-order valence-corrected chi connectivity index (χ0v) is 6.09. The maximum atomic E-state index is 9.83. The van der Waals surface area contributed by atoms with Crippen LogP contribution in [0.2, 0.25) is 0 Å². The Hall–Kier alpha value is -0.370. The average molecular weight is 130 g/mol. The normalized spacial score (nSPS) is 13.1. The molecule has 54 valence electrons. The minimum absolute atomic E-state index is 0.296. The van der Waals surface area contributed by atoms with Crippen molar-refractivity contribution in [2.75, 3.05) is 7.11 Å². The summed E-state index contributed by atoms with van der Waals surface area (Å²) in [4.78, 5) is 9.83. The van der Waals surface area contributed by atoms with Crippen molar-refractivity contribution in [3.63, 3.8) is 0 Å². The first-order valence-electron chi connectivity index (χ1n) is 3.27. The predicted octanol–water partition coefficient (Wildman–Crippen LogP) is 1.39. The number of hydrogen-bond acceptors (Lipinski definition) is 2. The minimum atomic E-state index is 0.296. The molecule has 0 rings (SSSR count). The van der Waals surface area contributed by atoms with Gasteiger partial charge in [0.1, 0.15) is 6.29 Å². The molecular formula is C7H14O2. The molecule has 0 spiro atoms. The van der Waals surface area contributed by atoms with Crippen molar-refractivity contribution in [3.8, 4) is 0 Å². The highest BCUT2D eigenvalue weighted by Crippen LogP contribution is 2.00. The van der Waals surface area contributed by atoms with Crippen molar-refractivity contribution in [3.05, 3.63) is 0 Å². The summed E-state index contributed by atoms with van der Waals surface area (Å²) in [5, 5.41) is 0. The number of unbranched alkanes of at least 4 members (excludes halogenated alkanes) is 1. The molecule has 2 nitrogen and oxygen atoms in total. The van der Waals surface area contributed by atoms with Gasteiger partial charge in [-0.1, -0.05) is 0 Å². The van der Waals surface area contributed by atoms with Crippen molar-refractivity contribution < 1.29 is 9.53 Å². The minimum Gasteiger partial charge on any atom is -0.382 e. The van der Waals surface area contributed by atoms with Crippen LogP contribution in [-0.4, -0.2) is 19.5 Å². The summed E-state index contributed by atoms with van der Waals surface area (Å²) in [5.41, 5.74) is 0. The molecule has 0 aromatic carbocycles. The second kappa shape index (κ2) is 5.76. The summed E-state index contributed by atoms with van der Waals surface area (Å²) >= 11 is 0. The van der Waals surface area contributed by atoms with Gasteiger partial charge in [0, 0.05) is 13.5 Å². The zero-order valence-electron chi connectivity index (χ0n) is 6.09. The number of aldehydes is 1. The van der Waals surface area contributed by atoms with E-state index in [1.165, 1.54) is 0 Å². The molecule has 0 aromatic rings. The number of carbonyl (C=O) groups excluding carboxylic acids is 1. The number of methoxy groups -OCH3 is 1. The van der Waals surface area contributed by atoms with Crippen LogP contribution in [0, 0.1) is 0 Å². The van der Waals surface area contributed by atoms with E-state index in [9.17, 15) is 4.79 Å². The third-order valence-corrected chi connectivity index (χ3v) is 1.33. The molecule has 0 N–H and O–H groups in total.